The molecule has 1 unspecified atom stereocenters. The third kappa shape index (κ3) is 3.26. The largest absolute Gasteiger partial charge is 0.454 e. The molecule has 3 aliphatic heterocycles. The Hall–Kier alpha value is -3.61. The Morgan fingerprint density at radius 2 is 2.00 bits per heavy atom. The molecule has 5 heterocycles. The van der Waals surface area contributed by atoms with Crippen LogP contribution in [0.2, 0.25) is 0 Å². The third-order valence-electron chi connectivity index (χ3n) is 8.51. The molecule has 1 amide bonds. The maximum Gasteiger partial charge on any atom is 0.376 e. The van der Waals surface area contributed by atoms with Gasteiger partial charge >= 0.3 is 5.30 Å². The summed E-state index contributed by atoms with van der Waals surface area (Å²) in [6.45, 7) is 4.90. The number of hydrogen-bond acceptors (Lipinski definition) is 9. The maximum absolute atomic E-state index is 13.8. The summed E-state index contributed by atoms with van der Waals surface area (Å²) in [5.41, 5.74) is 3.28. The van der Waals surface area contributed by atoms with Gasteiger partial charge in [-0.15, -0.1) is 0 Å². The fourth-order valence-corrected chi connectivity index (χ4v) is 7.99. The van der Waals surface area contributed by atoms with E-state index in [4.69, 9.17) is 19.2 Å². The number of pyridine rings is 2. The number of aliphatic hydroxyl groups is 1. The number of carbonyl (C=O) groups is 2. The summed E-state index contributed by atoms with van der Waals surface area (Å²) >= 11 is 0. The first kappa shape index (κ1) is 25.4. The highest BCUT2D eigenvalue weighted by Crippen LogP contribution is 2.58. The molecule has 0 radical (unpaired) electrons. The zero-order valence-corrected chi connectivity index (χ0v) is 23.1. The van der Waals surface area contributed by atoms with Gasteiger partial charge in [-0.3, -0.25) is 9.59 Å². The normalized spacial score (nSPS) is 23.6. The minimum Gasteiger partial charge on any atom is -0.454 e. The number of rotatable bonds is 4. The minimum atomic E-state index is -2.99. The molecule has 2 aromatic heterocycles. The number of aromatic nitrogens is 2. The van der Waals surface area contributed by atoms with Crippen LogP contribution < -0.4 is 20.3 Å². The lowest BCUT2D eigenvalue weighted by Gasteiger charge is -2.35. The highest BCUT2D eigenvalue weighted by molar-refractivity contribution is 8.40. The van der Waals surface area contributed by atoms with E-state index in [9.17, 15) is 24.0 Å². The van der Waals surface area contributed by atoms with Crippen molar-refractivity contribution in [2.45, 2.75) is 57.7 Å². The van der Waals surface area contributed by atoms with E-state index in [1.807, 2.05) is 6.07 Å². The molecule has 1 aromatic carbocycles. The van der Waals surface area contributed by atoms with Crippen molar-refractivity contribution in [2.24, 2.45) is 5.41 Å². The quantitative estimate of drug-likeness (QED) is 0.315. The van der Waals surface area contributed by atoms with Crippen LogP contribution in [0.15, 0.2) is 21.8 Å². The van der Waals surface area contributed by atoms with Crippen LogP contribution in [0.3, 0.4) is 0 Å². The molecule has 0 bridgehead atoms. The zero-order valence-electron chi connectivity index (χ0n) is 22.3. The number of carbonyl (C=O) groups excluding carboxylic acids is 2. The number of hydrogen-bond donors (Lipinski definition) is 3. The summed E-state index contributed by atoms with van der Waals surface area (Å²) < 4.78 is 29.7. The number of aliphatic hydroxyl groups excluding tert-OH is 1. The molecule has 2 atom stereocenters. The zero-order chi connectivity index (χ0) is 28.1. The molecule has 0 fully saturated rings. The van der Waals surface area contributed by atoms with Gasteiger partial charge in [0.05, 0.1) is 47.1 Å². The number of cyclic esters (lactones) is 1. The van der Waals surface area contributed by atoms with Crippen molar-refractivity contribution in [1.82, 2.24) is 14.9 Å². The van der Waals surface area contributed by atoms with Gasteiger partial charge in [0.25, 0.3) is 5.56 Å². The molecule has 7 rings (SSSR count). The number of ether oxygens (including phenoxy) is 3. The number of aryl methyl sites for hydroxylation is 1. The summed E-state index contributed by atoms with van der Waals surface area (Å²) in [6.07, 6.45) is 1.20. The van der Waals surface area contributed by atoms with Crippen LogP contribution in [0.5, 0.6) is 11.5 Å². The predicted molar refractivity (Wildman–Crippen MR) is 146 cm³/mol. The molecular weight excluding hydrogens is 538 g/mol. The van der Waals surface area contributed by atoms with E-state index in [-0.39, 0.29) is 49.3 Å². The second-order valence-electron chi connectivity index (χ2n) is 11.2. The van der Waals surface area contributed by atoms with Crippen LogP contribution in [-0.2, 0) is 29.1 Å². The average Bonchev–Trinajstić information content (AvgIpc) is 3.57. The van der Waals surface area contributed by atoms with Crippen LogP contribution in [0, 0.1) is 5.41 Å². The summed E-state index contributed by atoms with van der Waals surface area (Å²) in [5.74, 6) is 1.12. The van der Waals surface area contributed by atoms with Crippen LogP contribution in [-0.4, -0.2) is 49.6 Å². The van der Waals surface area contributed by atoms with Gasteiger partial charge < -0.3 is 33.8 Å². The lowest BCUT2D eigenvalue weighted by Crippen LogP contribution is -2.42. The van der Waals surface area contributed by atoms with E-state index < -0.39 is 27.1 Å². The Kier molecular flexibility index (Phi) is 5.36. The summed E-state index contributed by atoms with van der Waals surface area (Å²) in [6, 6.07) is 3.14. The number of amides is 1. The number of nitrogens with zero attached hydrogens (tertiary/aromatic N) is 2. The Bertz CT molecular complexity index is 1730. The smallest absolute Gasteiger partial charge is 0.376 e. The van der Waals surface area contributed by atoms with Crippen molar-refractivity contribution in [3.8, 4) is 22.9 Å². The van der Waals surface area contributed by atoms with Gasteiger partial charge in [-0.05, 0) is 48.6 Å². The third-order valence-corrected chi connectivity index (χ3v) is 11.1. The van der Waals surface area contributed by atoms with Gasteiger partial charge in [0.1, 0.15) is 6.61 Å². The second-order valence-corrected chi connectivity index (χ2v) is 14.0. The monoisotopic (exact) mass is 567 g/mol. The molecule has 40 heavy (non-hydrogen) atoms. The molecule has 1 aliphatic carbocycles. The Labute approximate surface area is 230 Å². The predicted octanol–water partition coefficient (Wildman–Crippen LogP) is 3.58. The first-order valence-corrected chi connectivity index (χ1v) is 15.0. The highest BCUT2D eigenvalue weighted by Gasteiger charge is 2.43. The fourth-order valence-electron chi connectivity index (χ4n) is 6.15. The molecule has 0 saturated carbocycles. The van der Waals surface area contributed by atoms with E-state index in [1.54, 1.807) is 31.4 Å². The lowest BCUT2D eigenvalue weighted by molar-refractivity contribution is -0.132. The van der Waals surface area contributed by atoms with Gasteiger partial charge in [-0.2, -0.15) is 0 Å². The van der Waals surface area contributed by atoms with E-state index >= 15 is 0 Å². The molecule has 3 N–H and O–H groups in total. The molecule has 0 spiro atoms. The topological polar surface area (TPSA) is 149 Å². The minimum absolute atomic E-state index is 0.109. The SMILES string of the molecule is CCS1(O)C(=O)OCc2c1cc1n(c2=O)Cc2c-1nc1cc3c(c4c1c2[C@@H](NC(=O)C(C)(C)CO)CC4)OCO3. The molecule has 0 saturated heterocycles. The summed E-state index contributed by atoms with van der Waals surface area (Å²) in [5, 5.41) is 13.1. The van der Waals surface area contributed by atoms with Crippen molar-refractivity contribution in [1.29, 1.82) is 0 Å². The van der Waals surface area contributed by atoms with Gasteiger partial charge in [0, 0.05) is 33.2 Å². The molecule has 210 valence electrons. The van der Waals surface area contributed by atoms with Crippen LogP contribution in [0.4, 0.5) is 4.79 Å². The highest BCUT2D eigenvalue weighted by atomic mass is 32.3. The van der Waals surface area contributed by atoms with Crippen molar-refractivity contribution in [3.63, 3.8) is 0 Å². The lowest BCUT2D eigenvalue weighted by atomic mass is 9.82. The molecule has 4 aliphatic rings. The Balaban J connectivity index is 1.49. The average molecular weight is 568 g/mol. The Morgan fingerprint density at radius 1 is 1.20 bits per heavy atom. The summed E-state index contributed by atoms with van der Waals surface area (Å²) in [7, 11) is -2.99. The van der Waals surface area contributed by atoms with Gasteiger partial charge in [-0.1, -0.05) is 6.92 Å². The van der Waals surface area contributed by atoms with Crippen molar-refractivity contribution < 1.29 is 33.5 Å². The van der Waals surface area contributed by atoms with Crippen molar-refractivity contribution >= 4 is 32.4 Å². The molecular formula is C28H29N3O8S. The van der Waals surface area contributed by atoms with Crippen LogP contribution >= 0.6 is 10.3 Å². The maximum atomic E-state index is 13.8. The van der Waals surface area contributed by atoms with Crippen LogP contribution in [0.1, 0.15) is 55.5 Å². The summed E-state index contributed by atoms with van der Waals surface area (Å²) in [4.78, 5) is 44.9. The Morgan fingerprint density at radius 3 is 2.75 bits per heavy atom. The van der Waals surface area contributed by atoms with Crippen LogP contribution in [0.25, 0.3) is 22.3 Å². The second kappa shape index (κ2) is 8.45. The number of benzene rings is 1. The van der Waals surface area contributed by atoms with Crippen molar-refractivity contribution in [2.75, 3.05) is 19.2 Å². The van der Waals surface area contributed by atoms with E-state index in [0.717, 1.165) is 22.1 Å². The van der Waals surface area contributed by atoms with Gasteiger partial charge in [0.2, 0.25) is 12.7 Å². The first-order valence-electron chi connectivity index (χ1n) is 13.3. The van der Waals surface area contributed by atoms with E-state index in [2.05, 4.69) is 5.32 Å². The van der Waals surface area contributed by atoms with Gasteiger partial charge in [-0.25, -0.2) is 9.78 Å². The molecule has 11 nitrogen and oxygen atoms in total. The molecule has 12 heteroatoms. The standard InChI is InChI=1S/C28H29N3O8S/c1-4-40(36)20-8-18-23-14(9-31(18)25(33)15(20)10-37-27(40)35)22-16(30-26(34)28(2,3)11-32)6-5-13-21(22)17(29-23)7-19-24(13)39-12-38-19/h7-8,16,32,36H,4-6,9-12H2,1-3H3,(H,30,34)/t16-/m0/s1. The first-order chi connectivity index (χ1) is 19.1. The van der Waals surface area contributed by atoms with E-state index in [0.29, 0.717) is 46.1 Å². The van der Waals surface area contributed by atoms with Gasteiger partial charge in [0.15, 0.2) is 11.5 Å². The van der Waals surface area contributed by atoms with E-state index in [1.165, 1.54) is 0 Å². The number of nitrogens with one attached hydrogen (secondary N) is 1. The fraction of sp³-hybridized carbons (Fsp3) is 0.429. The number of fused-ring (bicyclic) bond motifs is 7. The van der Waals surface area contributed by atoms with Crippen molar-refractivity contribution in [3.05, 3.63) is 44.7 Å². The molecule has 3 aromatic rings.